The van der Waals surface area contributed by atoms with E-state index in [0.717, 1.165) is 16.0 Å². The summed E-state index contributed by atoms with van der Waals surface area (Å²) < 4.78 is 2.28. The highest BCUT2D eigenvalue weighted by molar-refractivity contribution is 7.16. The molecule has 16 heavy (non-hydrogen) atoms. The van der Waals surface area contributed by atoms with Crippen LogP contribution in [0.1, 0.15) is 0 Å². The van der Waals surface area contributed by atoms with Crippen molar-refractivity contribution in [3.8, 4) is 0 Å². The number of halogens is 1. The van der Waals surface area contributed by atoms with Crippen LogP contribution in [-0.2, 0) is 6.54 Å². The Hall–Kier alpha value is -1.40. The Bertz CT molecular complexity index is 589. The number of nitrogens with zero attached hydrogens (tertiary/aromatic N) is 3. The lowest BCUT2D eigenvalue weighted by Crippen LogP contribution is -2.12. The van der Waals surface area contributed by atoms with Crippen molar-refractivity contribution >= 4 is 39.2 Å². The summed E-state index contributed by atoms with van der Waals surface area (Å²) in [7, 11) is 0. The maximum absolute atomic E-state index is 11.7. The van der Waals surface area contributed by atoms with Crippen LogP contribution in [0, 0.1) is 0 Å². The maximum atomic E-state index is 11.7. The van der Waals surface area contributed by atoms with Gasteiger partial charge in [-0.05, 0) is 0 Å². The second-order valence-corrected chi connectivity index (χ2v) is 4.32. The van der Waals surface area contributed by atoms with E-state index in [0.29, 0.717) is 18.1 Å². The summed E-state index contributed by atoms with van der Waals surface area (Å²) in [6.45, 7) is 0.446. The minimum Gasteiger partial charge on any atom is -0.368 e. The van der Waals surface area contributed by atoms with Crippen LogP contribution in [0.5, 0.6) is 0 Å². The molecule has 2 aromatic heterocycles. The van der Waals surface area contributed by atoms with E-state index in [4.69, 9.17) is 17.3 Å². The fourth-order valence-electron chi connectivity index (χ4n) is 1.28. The largest absolute Gasteiger partial charge is 0.368 e. The van der Waals surface area contributed by atoms with Crippen molar-refractivity contribution in [3.05, 3.63) is 28.0 Å². The molecule has 2 heterocycles. The van der Waals surface area contributed by atoms with Gasteiger partial charge in [-0.1, -0.05) is 23.5 Å². The quantitative estimate of drug-likeness (QED) is 0.662. The summed E-state index contributed by atoms with van der Waals surface area (Å²) in [4.78, 5) is 19.5. The minimum atomic E-state index is -0.0749. The summed E-state index contributed by atoms with van der Waals surface area (Å²) in [5.74, 6) is 0.592. The van der Waals surface area contributed by atoms with Gasteiger partial charge >= 0.3 is 4.87 Å². The van der Waals surface area contributed by atoms with E-state index in [9.17, 15) is 4.79 Å². The smallest absolute Gasteiger partial charge is 0.309 e. The number of alkyl halides is 1. The lowest BCUT2D eigenvalue weighted by molar-refractivity contribution is 0.825. The van der Waals surface area contributed by atoms with E-state index in [1.807, 2.05) is 6.08 Å². The third-order valence-electron chi connectivity index (χ3n) is 1.97. The monoisotopic (exact) mass is 256 g/mol. The second kappa shape index (κ2) is 4.63. The first kappa shape index (κ1) is 11.1. The zero-order valence-electron chi connectivity index (χ0n) is 8.26. The number of allylic oxidation sites excluding steroid dienone is 2. The molecule has 2 aromatic rings. The van der Waals surface area contributed by atoms with Crippen LogP contribution < -0.4 is 10.6 Å². The van der Waals surface area contributed by atoms with E-state index in [2.05, 4.69) is 9.97 Å². The fraction of sp³-hybridized carbons (Fsp3) is 0.222. The third kappa shape index (κ3) is 2.07. The summed E-state index contributed by atoms with van der Waals surface area (Å²) in [5.41, 5.74) is 6.06. The molecule has 0 bridgehead atoms. The van der Waals surface area contributed by atoms with Crippen molar-refractivity contribution in [1.82, 2.24) is 14.5 Å². The molecule has 0 saturated carbocycles. The summed E-state index contributed by atoms with van der Waals surface area (Å²) in [6.07, 6.45) is 5.16. The van der Waals surface area contributed by atoms with Crippen LogP contribution in [0.25, 0.3) is 10.3 Å². The first-order valence-corrected chi connectivity index (χ1v) is 5.90. The van der Waals surface area contributed by atoms with Crippen LogP contribution >= 0.6 is 22.9 Å². The minimum absolute atomic E-state index is 0.0749. The average Bonchev–Trinajstić information content (AvgIpc) is 2.56. The molecule has 0 aliphatic rings. The van der Waals surface area contributed by atoms with Gasteiger partial charge in [0.2, 0.25) is 5.95 Å². The Kier molecular flexibility index (Phi) is 3.21. The Morgan fingerprint density at radius 1 is 1.56 bits per heavy atom. The Labute approximate surface area is 100 Å². The molecule has 0 radical (unpaired) electrons. The van der Waals surface area contributed by atoms with Crippen LogP contribution in [0.2, 0.25) is 0 Å². The molecule has 2 rings (SSSR count). The molecule has 0 aliphatic heterocycles. The summed E-state index contributed by atoms with van der Waals surface area (Å²) >= 11 is 6.61. The van der Waals surface area contributed by atoms with Crippen LogP contribution in [-0.4, -0.2) is 20.4 Å². The predicted molar refractivity (Wildman–Crippen MR) is 65.9 cm³/mol. The summed E-state index contributed by atoms with van der Waals surface area (Å²) in [6, 6.07) is 0. The Morgan fingerprint density at radius 2 is 2.38 bits per heavy atom. The van der Waals surface area contributed by atoms with Crippen LogP contribution in [0.3, 0.4) is 0 Å². The molecule has 0 saturated heterocycles. The third-order valence-corrected chi connectivity index (χ3v) is 3.05. The van der Waals surface area contributed by atoms with E-state index >= 15 is 0 Å². The van der Waals surface area contributed by atoms with Crippen molar-refractivity contribution in [1.29, 1.82) is 0 Å². The van der Waals surface area contributed by atoms with E-state index in [-0.39, 0.29) is 10.8 Å². The van der Waals surface area contributed by atoms with Crippen LogP contribution in [0.4, 0.5) is 5.95 Å². The number of aromatic nitrogens is 3. The molecule has 84 valence electrons. The van der Waals surface area contributed by atoms with Gasteiger partial charge in [0.1, 0.15) is 0 Å². The SMILES string of the molecule is Nc1ncc2sc(=O)n(C/C=C/CCl)c2n1. The number of hydrogen-bond acceptors (Lipinski definition) is 5. The van der Waals surface area contributed by atoms with Gasteiger partial charge in [-0.15, -0.1) is 11.6 Å². The van der Waals surface area contributed by atoms with Gasteiger partial charge in [0.25, 0.3) is 0 Å². The summed E-state index contributed by atoms with van der Waals surface area (Å²) in [5, 5.41) is 0. The molecule has 0 aliphatic carbocycles. The number of nitrogens with two attached hydrogens (primary N) is 1. The van der Waals surface area contributed by atoms with Crippen molar-refractivity contribution in [2.45, 2.75) is 6.54 Å². The molecule has 0 amide bonds. The van der Waals surface area contributed by atoms with Gasteiger partial charge < -0.3 is 5.73 Å². The first-order valence-electron chi connectivity index (χ1n) is 4.55. The molecule has 0 spiro atoms. The van der Waals surface area contributed by atoms with E-state index in [1.54, 1.807) is 16.8 Å². The number of hydrogen-bond donors (Lipinski definition) is 1. The van der Waals surface area contributed by atoms with Crippen molar-refractivity contribution in [2.75, 3.05) is 11.6 Å². The van der Waals surface area contributed by atoms with Gasteiger partial charge in [0.15, 0.2) is 5.65 Å². The highest BCUT2D eigenvalue weighted by Crippen LogP contribution is 2.14. The number of anilines is 1. The molecule has 2 N–H and O–H groups in total. The van der Waals surface area contributed by atoms with Gasteiger partial charge in [0, 0.05) is 12.4 Å². The molecule has 0 atom stereocenters. The number of nitrogen functional groups attached to an aromatic ring is 1. The maximum Gasteiger partial charge on any atom is 0.309 e. The zero-order valence-corrected chi connectivity index (χ0v) is 9.83. The first-order chi connectivity index (χ1) is 7.72. The van der Waals surface area contributed by atoms with Gasteiger partial charge in [-0.3, -0.25) is 9.36 Å². The van der Waals surface area contributed by atoms with E-state index in [1.165, 1.54) is 0 Å². The Morgan fingerprint density at radius 3 is 3.12 bits per heavy atom. The molecule has 0 unspecified atom stereocenters. The van der Waals surface area contributed by atoms with Gasteiger partial charge in [-0.25, -0.2) is 4.98 Å². The van der Waals surface area contributed by atoms with Crippen molar-refractivity contribution < 1.29 is 0 Å². The topological polar surface area (TPSA) is 73.8 Å². The molecule has 0 aromatic carbocycles. The molecular weight excluding hydrogens is 248 g/mol. The number of fused-ring (bicyclic) bond motifs is 1. The Balaban J connectivity index is 2.50. The van der Waals surface area contributed by atoms with Gasteiger partial charge in [0.05, 0.1) is 10.9 Å². The highest BCUT2D eigenvalue weighted by Gasteiger charge is 2.08. The lowest BCUT2D eigenvalue weighted by atomic mass is 10.5. The lowest BCUT2D eigenvalue weighted by Gasteiger charge is -1.98. The predicted octanol–water partition coefficient (Wildman–Crippen LogP) is 1.23. The van der Waals surface area contributed by atoms with Crippen molar-refractivity contribution in [3.63, 3.8) is 0 Å². The van der Waals surface area contributed by atoms with Gasteiger partial charge in [-0.2, -0.15) is 4.98 Å². The number of thiazole rings is 1. The highest BCUT2D eigenvalue weighted by atomic mass is 35.5. The van der Waals surface area contributed by atoms with Crippen LogP contribution in [0.15, 0.2) is 23.1 Å². The van der Waals surface area contributed by atoms with Crippen molar-refractivity contribution in [2.24, 2.45) is 0 Å². The number of rotatable bonds is 3. The van der Waals surface area contributed by atoms with E-state index < -0.39 is 0 Å². The standard InChI is InChI=1S/C9H9ClN4OS/c10-3-1-2-4-14-7-6(16-9(14)15)5-12-8(11)13-7/h1-2,5H,3-4H2,(H2,11,12,13)/b2-1+. The fourth-order valence-corrected chi connectivity index (χ4v) is 2.22. The normalized spacial score (nSPS) is 11.6. The zero-order chi connectivity index (χ0) is 11.5. The molecular formula is C9H9ClN4OS. The average molecular weight is 257 g/mol. The molecule has 0 fully saturated rings. The second-order valence-electron chi connectivity index (χ2n) is 3.02. The molecule has 7 heteroatoms. The molecule has 5 nitrogen and oxygen atoms in total.